The van der Waals surface area contributed by atoms with E-state index in [-0.39, 0.29) is 0 Å². The first-order chi connectivity index (χ1) is 7.24. The van der Waals surface area contributed by atoms with Crippen LogP contribution in [0.1, 0.15) is 26.2 Å². The molecule has 1 saturated carbocycles. The summed E-state index contributed by atoms with van der Waals surface area (Å²) in [5, 5.41) is 3.46. The third-order valence-corrected chi connectivity index (χ3v) is 3.54. The first-order valence-corrected chi connectivity index (χ1v) is 6.38. The maximum Gasteiger partial charge on any atom is 0.0538 e. The Morgan fingerprint density at radius 1 is 1.47 bits per heavy atom. The summed E-state index contributed by atoms with van der Waals surface area (Å²) in [7, 11) is 0. The SMILES string of the molecule is CC1CCC(CNc2cncc(Br)c2)C1. The van der Waals surface area contributed by atoms with Crippen molar-refractivity contribution >= 4 is 21.6 Å². The minimum absolute atomic E-state index is 0.846. The molecule has 0 saturated heterocycles. The second kappa shape index (κ2) is 4.97. The van der Waals surface area contributed by atoms with Crippen molar-refractivity contribution in [1.29, 1.82) is 0 Å². The normalized spacial score (nSPS) is 25.5. The summed E-state index contributed by atoms with van der Waals surface area (Å²) in [6.07, 6.45) is 7.82. The number of hydrogen-bond acceptors (Lipinski definition) is 2. The van der Waals surface area contributed by atoms with Crippen LogP contribution in [0.15, 0.2) is 22.9 Å². The lowest BCUT2D eigenvalue weighted by atomic mass is 10.1. The van der Waals surface area contributed by atoms with Gasteiger partial charge in [-0.3, -0.25) is 4.98 Å². The van der Waals surface area contributed by atoms with E-state index in [1.807, 2.05) is 12.4 Å². The van der Waals surface area contributed by atoms with Crippen molar-refractivity contribution in [3.63, 3.8) is 0 Å². The fraction of sp³-hybridized carbons (Fsp3) is 0.583. The van der Waals surface area contributed by atoms with Gasteiger partial charge in [0.05, 0.1) is 11.9 Å². The summed E-state index contributed by atoms with van der Waals surface area (Å²) >= 11 is 3.42. The standard InChI is InChI=1S/C12H17BrN2/c1-9-2-3-10(4-9)6-15-12-5-11(13)7-14-8-12/h5,7-10,15H,2-4,6H2,1H3. The number of hydrogen-bond donors (Lipinski definition) is 1. The van der Waals surface area contributed by atoms with Crippen LogP contribution in [0.2, 0.25) is 0 Å². The molecular formula is C12H17BrN2. The van der Waals surface area contributed by atoms with Crippen LogP contribution < -0.4 is 5.32 Å². The molecule has 1 heterocycles. The van der Waals surface area contributed by atoms with Crippen molar-refractivity contribution in [2.45, 2.75) is 26.2 Å². The van der Waals surface area contributed by atoms with E-state index in [1.54, 1.807) is 0 Å². The number of rotatable bonds is 3. The van der Waals surface area contributed by atoms with Crippen LogP contribution in [0.4, 0.5) is 5.69 Å². The van der Waals surface area contributed by atoms with E-state index in [0.717, 1.165) is 28.5 Å². The molecule has 1 aliphatic rings. The van der Waals surface area contributed by atoms with Crippen molar-refractivity contribution in [1.82, 2.24) is 4.98 Å². The molecule has 82 valence electrons. The van der Waals surface area contributed by atoms with Crippen LogP contribution in [0.3, 0.4) is 0 Å². The molecule has 0 amide bonds. The predicted molar refractivity (Wildman–Crippen MR) is 66.9 cm³/mol. The number of anilines is 1. The van der Waals surface area contributed by atoms with Crippen molar-refractivity contribution < 1.29 is 0 Å². The molecule has 0 aromatic carbocycles. The molecule has 0 radical (unpaired) electrons. The number of halogens is 1. The second-order valence-electron chi connectivity index (χ2n) is 4.56. The second-order valence-corrected chi connectivity index (χ2v) is 5.47. The van der Waals surface area contributed by atoms with Crippen molar-refractivity contribution in [3.8, 4) is 0 Å². The van der Waals surface area contributed by atoms with Crippen molar-refractivity contribution in [2.24, 2.45) is 11.8 Å². The third kappa shape index (κ3) is 3.20. The smallest absolute Gasteiger partial charge is 0.0538 e. The molecule has 15 heavy (non-hydrogen) atoms. The maximum absolute atomic E-state index is 4.14. The van der Waals surface area contributed by atoms with Gasteiger partial charge in [-0.1, -0.05) is 13.3 Å². The lowest BCUT2D eigenvalue weighted by Crippen LogP contribution is -2.11. The van der Waals surface area contributed by atoms with Gasteiger partial charge >= 0.3 is 0 Å². The average molecular weight is 269 g/mol. The first kappa shape index (κ1) is 10.9. The van der Waals surface area contributed by atoms with Crippen LogP contribution in [0.25, 0.3) is 0 Å². The average Bonchev–Trinajstić information content (AvgIpc) is 2.62. The lowest BCUT2D eigenvalue weighted by molar-refractivity contribution is 0.537. The van der Waals surface area contributed by atoms with Gasteiger partial charge in [-0.25, -0.2) is 0 Å². The molecule has 0 spiro atoms. The number of nitrogens with zero attached hydrogens (tertiary/aromatic N) is 1. The summed E-state index contributed by atoms with van der Waals surface area (Å²) < 4.78 is 1.03. The Balaban J connectivity index is 1.83. The predicted octanol–water partition coefficient (Wildman–Crippen LogP) is 3.69. The zero-order chi connectivity index (χ0) is 10.7. The molecule has 1 N–H and O–H groups in total. The van der Waals surface area contributed by atoms with Crippen molar-refractivity contribution in [2.75, 3.05) is 11.9 Å². The Morgan fingerprint density at radius 2 is 2.33 bits per heavy atom. The van der Waals surface area contributed by atoms with Gasteiger partial charge in [-0.05, 0) is 46.7 Å². The Labute approximate surface area is 99.6 Å². The number of pyridine rings is 1. The molecule has 2 nitrogen and oxygen atoms in total. The molecule has 2 unspecified atom stereocenters. The van der Waals surface area contributed by atoms with Crippen LogP contribution >= 0.6 is 15.9 Å². The number of nitrogens with one attached hydrogen (secondary N) is 1. The summed E-state index contributed by atoms with van der Waals surface area (Å²) in [6.45, 7) is 3.43. The van der Waals surface area contributed by atoms with Gasteiger partial charge in [0.2, 0.25) is 0 Å². The molecular weight excluding hydrogens is 252 g/mol. The number of aromatic nitrogens is 1. The molecule has 1 fully saturated rings. The van der Waals surface area contributed by atoms with E-state index >= 15 is 0 Å². The monoisotopic (exact) mass is 268 g/mol. The van der Waals surface area contributed by atoms with Crippen LogP contribution in [0.5, 0.6) is 0 Å². The van der Waals surface area contributed by atoms with E-state index in [0.29, 0.717) is 0 Å². The minimum atomic E-state index is 0.846. The van der Waals surface area contributed by atoms with Crippen LogP contribution in [0, 0.1) is 11.8 Å². The molecule has 0 aliphatic heterocycles. The van der Waals surface area contributed by atoms with Crippen molar-refractivity contribution in [3.05, 3.63) is 22.9 Å². The fourth-order valence-corrected chi connectivity index (χ4v) is 2.65. The summed E-state index contributed by atoms with van der Waals surface area (Å²) in [5.74, 6) is 1.76. The summed E-state index contributed by atoms with van der Waals surface area (Å²) in [5.41, 5.74) is 1.11. The van der Waals surface area contributed by atoms with E-state index in [9.17, 15) is 0 Å². The zero-order valence-electron chi connectivity index (χ0n) is 9.04. The lowest BCUT2D eigenvalue weighted by Gasteiger charge is -2.11. The van der Waals surface area contributed by atoms with Crippen LogP contribution in [-0.2, 0) is 0 Å². The molecule has 1 aromatic heterocycles. The molecule has 1 aromatic rings. The van der Waals surface area contributed by atoms with Gasteiger partial charge in [0, 0.05) is 17.2 Å². The van der Waals surface area contributed by atoms with E-state index in [1.165, 1.54) is 19.3 Å². The summed E-state index contributed by atoms with van der Waals surface area (Å²) in [4.78, 5) is 4.14. The maximum atomic E-state index is 4.14. The van der Waals surface area contributed by atoms with E-state index in [2.05, 4.69) is 39.2 Å². The Morgan fingerprint density at radius 3 is 3.00 bits per heavy atom. The summed E-state index contributed by atoms with van der Waals surface area (Å²) in [6, 6.07) is 2.07. The molecule has 3 heteroatoms. The quantitative estimate of drug-likeness (QED) is 0.905. The Kier molecular flexibility index (Phi) is 3.62. The Hall–Kier alpha value is -0.570. The molecule has 1 aliphatic carbocycles. The zero-order valence-corrected chi connectivity index (χ0v) is 10.6. The van der Waals surface area contributed by atoms with E-state index < -0.39 is 0 Å². The highest BCUT2D eigenvalue weighted by Crippen LogP contribution is 2.30. The van der Waals surface area contributed by atoms with Gasteiger partial charge in [0.15, 0.2) is 0 Å². The minimum Gasteiger partial charge on any atom is -0.383 e. The molecule has 0 bridgehead atoms. The van der Waals surface area contributed by atoms with Gasteiger partial charge in [-0.15, -0.1) is 0 Å². The van der Waals surface area contributed by atoms with E-state index in [4.69, 9.17) is 0 Å². The highest BCUT2D eigenvalue weighted by molar-refractivity contribution is 9.10. The van der Waals surface area contributed by atoms with Gasteiger partial charge in [-0.2, -0.15) is 0 Å². The Bertz CT molecular complexity index is 327. The van der Waals surface area contributed by atoms with Gasteiger partial charge < -0.3 is 5.32 Å². The van der Waals surface area contributed by atoms with Crippen LogP contribution in [-0.4, -0.2) is 11.5 Å². The topological polar surface area (TPSA) is 24.9 Å². The highest BCUT2D eigenvalue weighted by atomic mass is 79.9. The largest absolute Gasteiger partial charge is 0.383 e. The molecule has 2 rings (SSSR count). The third-order valence-electron chi connectivity index (χ3n) is 3.10. The fourth-order valence-electron chi connectivity index (χ4n) is 2.28. The first-order valence-electron chi connectivity index (χ1n) is 5.58. The highest BCUT2D eigenvalue weighted by Gasteiger charge is 2.20. The molecule has 2 atom stereocenters. The van der Waals surface area contributed by atoms with Gasteiger partial charge in [0.25, 0.3) is 0 Å². The van der Waals surface area contributed by atoms with Gasteiger partial charge in [0.1, 0.15) is 0 Å².